The van der Waals surface area contributed by atoms with Gasteiger partial charge in [-0.2, -0.15) is 0 Å². The molecule has 0 aliphatic heterocycles. The number of nitrogens with zero attached hydrogens (tertiary/aromatic N) is 1. The Morgan fingerprint density at radius 3 is 2.61 bits per heavy atom. The van der Waals surface area contributed by atoms with Crippen molar-refractivity contribution in [1.82, 2.24) is 9.97 Å². The third-order valence-electron chi connectivity index (χ3n) is 7.43. The number of aromatic amines is 1. The number of amides is 1. The Kier molecular flexibility index (Phi) is 6.38. The van der Waals surface area contributed by atoms with E-state index < -0.39 is 0 Å². The number of hydrogen-bond acceptors (Lipinski definition) is 4. The molecule has 0 radical (unpaired) electrons. The van der Waals surface area contributed by atoms with Crippen molar-refractivity contribution in [1.29, 1.82) is 0 Å². The third-order valence-corrected chi connectivity index (χ3v) is 7.43. The fraction of sp³-hybridized carbons (Fsp3) is 0.219. The largest absolute Gasteiger partial charge is 0.497 e. The van der Waals surface area contributed by atoms with E-state index in [-0.39, 0.29) is 23.5 Å². The molecule has 2 aliphatic rings. The monoisotopic (exact) mass is 503 g/mol. The number of H-pyrrole nitrogens is 1. The van der Waals surface area contributed by atoms with Crippen LogP contribution in [0.2, 0.25) is 0 Å². The first-order valence-electron chi connectivity index (χ1n) is 13.0. The van der Waals surface area contributed by atoms with Gasteiger partial charge in [-0.15, -0.1) is 0 Å². The van der Waals surface area contributed by atoms with Crippen LogP contribution >= 0.6 is 0 Å². The number of ketones is 1. The fourth-order valence-corrected chi connectivity index (χ4v) is 5.13. The minimum Gasteiger partial charge on any atom is -0.497 e. The highest BCUT2D eigenvalue weighted by molar-refractivity contribution is 5.98. The summed E-state index contributed by atoms with van der Waals surface area (Å²) in [4.78, 5) is 33.7. The minimum absolute atomic E-state index is 0.0235. The molecule has 0 saturated heterocycles. The number of anilines is 1. The highest BCUT2D eigenvalue weighted by atomic mass is 16.5. The highest BCUT2D eigenvalue weighted by Gasteiger charge is 2.43. The first kappa shape index (κ1) is 23.9. The number of imidazole rings is 1. The summed E-state index contributed by atoms with van der Waals surface area (Å²) in [6.45, 7) is 0. The topological polar surface area (TPSA) is 84.1 Å². The van der Waals surface area contributed by atoms with Gasteiger partial charge in [0.2, 0.25) is 5.91 Å². The Bertz CT molecular complexity index is 1550. The van der Waals surface area contributed by atoms with E-state index in [4.69, 9.17) is 9.72 Å². The van der Waals surface area contributed by atoms with Crippen molar-refractivity contribution in [3.8, 4) is 5.75 Å². The van der Waals surface area contributed by atoms with Gasteiger partial charge in [-0.25, -0.2) is 4.98 Å². The molecule has 3 atom stereocenters. The molecule has 1 aromatic heterocycles. The molecule has 3 unspecified atom stereocenters. The number of Topliss-reactive ketones (excluding diaryl/α,β-unsaturated/α-hetero) is 1. The molecule has 1 amide bonds. The second-order valence-corrected chi connectivity index (χ2v) is 10.0. The normalized spacial score (nSPS) is 20.1. The van der Waals surface area contributed by atoms with E-state index in [0.717, 1.165) is 46.7 Å². The van der Waals surface area contributed by atoms with Gasteiger partial charge in [0, 0.05) is 29.5 Å². The zero-order valence-corrected chi connectivity index (χ0v) is 21.2. The van der Waals surface area contributed by atoms with Crippen LogP contribution in [0.5, 0.6) is 5.75 Å². The first-order chi connectivity index (χ1) is 18.6. The predicted molar refractivity (Wildman–Crippen MR) is 149 cm³/mol. The molecule has 1 saturated carbocycles. The number of nitrogens with one attached hydrogen (secondary N) is 2. The molecule has 0 bridgehead atoms. The van der Waals surface area contributed by atoms with E-state index in [9.17, 15) is 9.59 Å². The maximum atomic E-state index is 12.8. The van der Waals surface area contributed by atoms with Gasteiger partial charge in [-0.1, -0.05) is 48.6 Å². The Labute approximate surface area is 221 Å². The fourth-order valence-electron chi connectivity index (χ4n) is 5.13. The van der Waals surface area contributed by atoms with E-state index >= 15 is 0 Å². The Morgan fingerprint density at radius 2 is 1.87 bits per heavy atom. The number of rotatable bonds is 8. The molecule has 6 nitrogen and oxygen atoms in total. The lowest BCUT2D eigenvalue weighted by Crippen LogP contribution is -2.14. The molecular formula is C32H29N3O3. The number of carbonyl (C=O) groups is 2. The quantitative estimate of drug-likeness (QED) is 0.267. The van der Waals surface area contributed by atoms with Gasteiger partial charge >= 0.3 is 0 Å². The van der Waals surface area contributed by atoms with Crippen LogP contribution in [0.4, 0.5) is 5.69 Å². The van der Waals surface area contributed by atoms with Crippen molar-refractivity contribution in [2.75, 3.05) is 12.4 Å². The summed E-state index contributed by atoms with van der Waals surface area (Å²) in [5.41, 5.74) is 5.45. The van der Waals surface area contributed by atoms with E-state index in [1.165, 1.54) is 5.56 Å². The SMILES string of the molecule is COc1ccc(C(=O)CC2=CCC(c3nc4ccc(NC(=O)C5CC5c5ccccc5)cc4[nH]3)C=C2)cc1. The Balaban J connectivity index is 1.07. The van der Waals surface area contributed by atoms with Crippen LogP contribution < -0.4 is 10.1 Å². The summed E-state index contributed by atoms with van der Waals surface area (Å²) in [6.07, 6.45) is 8.27. The molecular weight excluding hydrogens is 474 g/mol. The summed E-state index contributed by atoms with van der Waals surface area (Å²) in [5.74, 6) is 2.20. The number of methoxy groups -OCH3 is 1. The summed E-state index contributed by atoms with van der Waals surface area (Å²) in [7, 11) is 1.61. The van der Waals surface area contributed by atoms with Crippen LogP contribution in [0, 0.1) is 5.92 Å². The number of carbonyl (C=O) groups excluding carboxylic acids is 2. The molecule has 1 heterocycles. The second-order valence-electron chi connectivity index (χ2n) is 10.0. The van der Waals surface area contributed by atoms with Gasteiger partial charge < -0.3 is 15.0 Å². The Hall–Kier alpha value is -4.45. The zero-order chi connectivity index (χ0) is 26.1. The summed E-state index contributed by atoms with van der Waals surface area (Å²) in [5, 5.41) is 3.08. The third kappa shape index (κ3) is 5.02. The Morgan fingerprint density at radius 1 is 1.05 bits per heavy atom. The van der Waals surface area contributed by atoms with Gasteiger partial charge in [0.15, 0.2) is 5.78 Å². The second kappa shape index (κ2) is 10.1. The predicted octanol–water partition coefficient (Wildman–Crippen LogP) is 6.56. The molecule has 6 heteroatoms. The van der Waals surface area contributed by atoms with Crippen LogP contribution in [0.1, 0.15) is 52.8 Å². The number of fused-ring (bicyclic) bond motifs is 1. The molecule has 38 heavy (non-hydrogen) atoms. The van der Waals surface area contributed by atoms with Crippen molar-refractivity contribution in [3.05, 3.63) is 114 Å². The molecule has 2 aliphatic carbocycles. The van der Waals surface area contributed by atoms with Gasteiger partial charge in [-0.05, 0) is 72.4 Å². The maximum Gasteiger partial charge on any atom is 0.228 e. The van der Waals surface area contributed by atoms with E-state index in [0.29, 0.717) is 17.9 Å². The highest BCUT2D eigenvalue weighted by Crippen LogP contribution is 2.48. The summed E-state index contributed by atoms with van der Waals surface area (Å²) < 4.78 is 5.17. The van der Waals surface area contributed by atoms with Crippen molar-refractivity contribution >= 4 is 28.4 Å². The summed E-state index contributed by atoms with van der Waals surface area (Å²) in [6, 6.07) is 23.2. The molecule has 4 aromatic rings. The van der Waals surface area contributed by atoms with Crippen molar-refractivity contribution in [2.24, 2.45) is 5.92 Å². The molecule has 3 aromatic carbocycles. The van der Waals surface area contributed by atoms with E-state index in [1.54, 1.807) is 31.4 Å². The number of hydrogen-bond donors (Lipinski definition) is 2. The lowest BCUT2D eigenvalue weighted by Gasteiger charge is -2.14. The molecule has 2 N–H and O–H groups in total. The van der Waals surface area contributed by atoms with Crippen LogP contribution in [0.3, 0.4) is 0 Å². The number of allylic oxidation sites excluding steroid dienone is 4. The minimum atomic E-state index is 0.0235. The summed E-state index contributed by atoms with van der Waals surface area (Å²) >= 11 is 0. The molecule has 6 rings (SSSR count). The standard InChI is InChI=1S/C32H29N3O3/c1-38-25-14-11-22(12-15-25)30(36)17-20-7-9-23(10-8-20)31-34-28-16-13-24(18-29(28)35-31)33-32(37)27-19-26(27)21-5-3-2-4-6-21/h2-9,11-16,18,23,26-27H,10,17,19H2,1H3,(H,33,37)(H,34,35). The number of benzene rings is 3. The van der Waals surface area contributed by atoms with Crippen LogP contribution in [0.25, 0.3) is 11.0 Å². The van der Waals surface area contributed by atoms with E-state index in [1.807, 2.05) is 42.5 Å². The van der Waals surface area contributed by atoms with Crippen molar-refractivity contribution in [2.45, 2.75) is 31.1 Å². The van der Waals surface area contributed by atoms with Gasteiger partial charge in [0.25, 0.3) is 0 Å². The molecule has 190 valence electrons. The molecule has 1 fully saturated rings. The zero-order valence-electron chi connectivity index (χ0n) is 21.2. The van der Waals surface area contributed by atoms with Crippen molar-refractivity contribution in [3.63, 3.8) is 0 Å². The van der Waals surface area contributed by atoms with Crippen LogP contribution in [0.15, 0.2) is 96.6 Å². The van der Waals surface area contributed by atoms with Crippen LogP contribution in [-0.4, -0.2) is 28.8 Å². The smallest absolute Gasteiger partial charge is 0.228 e. The van der Waals surface area contributed by atoms with Gasteiger partial charge in [-0.3, -0.25) is 9.59 Å². The lowest BCUT2D eigenvalue weighted by atomic mass is 9.92. The maximum absolute atomic E-state index is 12.8. The number of aromatic nitrogens is 2. The van der Waals surface area contributed by atoms with Crippen LogP contribution in [-0.2, 0) is 4.79 Å². The van der Waals surface area contributed by atoms with Crippen molar-refractivity contribution < 1.29 is 14.3 Å². The molecule has 0 spiro atoms. The van der Waals surface area contributed by atoms with E-state index in [2.05, 4.69) is 34.6 Å². The van der Waals surface area contributed by atoms with Gasteiger partial charge in [0.1, 0.15) is 11.6 Å². The number of ether oxygens (including phenoxy) is 1. The average Bonchev–Trinajstić information content (AvgIpc) is 3.66. The first-order valence-corrected chi connectivity index (χ1v) is 13.0. The lowest BCUT2D eigenvalue weighted by molar-refractivity contribution is -0.117. The average molecular weight is 504 g/mol. The van der Waals surface area contributed by atoms with Gasteiger partial charge in [0.05, 0.1) is 18.1 Å².